The van der Waals surface area contributed by atoms with E-state index in [0.717, 1.165) is 17.7 Å². The van der Waals surface area contributed by atoms with Crippen LogP contribution in [0.25, 0.3) is 0 Å². The first-order valence-electron chi connectivity index (χ1n) is 7.57. The Labute approximate surface area is 148 Å². The predicted octanol–water partition coefficient (Wildman–Crippen LogP) is 4.16. The largest absolute Gasteiger partial charge is 0.465 e. The maximum atomic E-state index is 12.7. The van der Waals surface area contributed by atoms with Gasteiger partial charge in [-0.1, -0.05) is 18.2 Å². The maximum Gasteiger partial charge on any atom is 0.416 e. The SMILES string of the molecule is COC(=O)c1ccc(CN(C)C(=O)Nc2cccc(C(F)(F)F)c2)cc1. The first kappa shape index (κ1) is 19.3. The Morgan fingerprint density at radius 3 is 2.35 bits per heavy atom. The monoisotopic (exact) mass is 366 g/mol. The van der Waals surface area contributed by atoms with Crippen LogP contribution in [0.1, 0.15) is 21.5 Å². The van der Waals surface area contributed by atoms with Crippen molar-refractivity contribution < 1.29 is 27.5 Å². The molecular weight excluding hydrogens is 349 g/mol. The number of halogens is 3. The van der Waals surface area contributed by atoms with Gasteiger partial charge < -0.3 is 15.0 Å². The van der Waals surface area contributed by atoms with Crippen molar-refractivity contribution in [2.45, 2.75) is 12.7 Å². The Bertz CT molecular complexity index is 789. The summed E-state index contributed by atoms with van der Waals surface area (Å²) in [6, 6.07) is 10.3. The van der Waals surface area contributed by atoms with Gasteiger partial charge in [-0.3, -0.25) is 0 Å². The van der Waals surface area contributed by atoms with Gasteiger partial charge >= 0.3 is 18.2 Å². The molecule has 8 heteroatoms. The number of hydrogen-bond acceptors (Lipinski definition) is 3. The fourth-order valence-corrected chi connectivity index (χ4v) is 2.20. The van der Waals surface area contributed by atoms with E-state index in [1.54, 1.807) is 24.3 Å². The molecule has 2 rings (SSSR count). The molecule has 0 aliphatic rings. The fraction of sp³-hybridized carbons (Fsp3) is 0.222. The molecule has 0 spiro atoms. The molecule has 0 atom stereocenters. The molecule has 0 saturated carbocycles. The third-order valence-electron chi connectivity index (χ3n) is 3.58. The van der Waals surface area contributed by atoms with E-state index in [1.807, 2.05) is 0 Å². The van der Waals surface area contributed by atoms with Gasteiger partial charge in [0.05, 0.1) is 18.2 Å². The molecule has 2 aromatic rings. The minimum atomic E-state index is -4.48. The second-order valence-corrected chi connectivity index (χ2v) is 5.55. The van der Waals surface area contributed by atoms with Crippen LogP contribution >= 0.6 is 0 Å². The molecule has 0 aromatic heterocycles. The highest BCUT2D eigenvalue weighted by Crippen LogP contribution is 2.30. The molecule has 2 aromatic carbocycles. The van der Waals surface area contributed by atoms with Crippen LogP contribution < -0.4 is 5.32 Å². The van der Waals surface area contributed by atoms with Crippen molar-refractivity contribution in [1.82, 2.24) is 4.90 Å². The number of urea groups is 1. The zero-order chi connectivity index (χ0) is 19.3. The van der Waals surface area contributed by atoms with E-state index in [4.69, 9.17) is 0 Å². The van der Waals surface area contributed by atoms with Crippen molar-refractivity contribution >= 4 is 17.7 Å². The lowest BCUT2D eigenvalue weighted by atomic mass is 10.1. The number of amides is 2. The van der Waals surface area contributed by atoms with E-state index >= 15 is 0 Å². The van der Waals surface area contributed by atoms with Gasteiger partial charge in [0.25, 0.3) is 0 Å². The Kier molecular flexibility index (Phi) is 5.86. The average molecular weight is 366 g/mol. The number of nitrogens with zero attached hydrogens (tertiary/aromatic N) is 1. The number of esters is 1. The predicted molar refractivity (Wildman–Crippen MR) is 89.7 cm³/mol. The number of hydrogen-bond donors (Lipinski definition) is 1. The number of carbonyl (C=O) groups excluding carboxylic acids is 2. The van der Waals surface area contributed by atoms with Gasteiger partial charge in [-0.25, -0.2) is 9.59 Å². The van der Waals surface area contributed by atoms with Gasteiger partial charge in [-0.2, -0.15) is 13.2 Å². The zero-order valence-electron chi connectivity index (χ0n) is 14.1. The number of rotatable bonds is 4. The number of alkyl halides is 3. The maximum absolute atomic E-state index is 12.7. The van der Waals surface area contributed by atoms with Crippen LogP contribution in [-0.2, 0) is 17.5 Å². The normalized spacial score (nSPS) is 11.0. The minimum absolute atomic E-state index is 0.0534. The molecule has 1 N–H and O–H groups in total. The van der Waals surface area contributed by atoms with Crippen LogP contribution in [0.3, 0.4) is 0 Å². The van der Waals surface area contributed by atoms with Gasteiger partial charge in [0.1, 0.15) is 0 Å². The third kappa shape index (κ3) is 4.98. The molecule has 0 aliphatic carbocycles. The summed E-state index contributed by atoms with van der Waals surface area (Å²) in [6.45, 7) is 0.215. The van der Waals surface area contributed by atoms with Crippen molar-refractivity contribution in [2.75, 3.05) is 19.5 Å². The molecular formula is C18H17F3N2O3. The second-order valence-electron chi connectivity index (χ2n) is 5.55. The van der Waals surface area contributed by atoms with Gasteiger partial charge in [0.2, 0.25) is 0 Å². The summed E-state index contributed by atoms with van der Waals surface area (Å²) in [7, 11) is 2.79. The summed E-state index contributed by atoms with van der Waals surface area (Å²) in [4.78, 5) is 24.9. The number of methoxy groups -OCH3 is 1. The number of nitrogens with one attached hydrogen (secondary N) is 1. The topological polar surface area (TPSA) is 58.6 Å². The van der Waals surface area contributed by atoms with Crippen molar-refractivity contribution in [3.05, 3.63) is 65.2 Å². The van der Waals surface area contributed by atoms with Crippen LogP contribution in [0.15, 0.2) is 48.5 Å². The molecule has 26 heavy (non-hydrogen) atoms. The Hall–Kier alpha value is -3.03. The highest BCUT2D eigenvalue weighted by Gasteiger charge is 2.30. The van der Waals surface area contributed by atoms with Crippen molar-refractivity contribution in [2.24, 2.45) is 0 Å². The lowest BCUT2D eigenvalue weighted by Crippen LogP contribution is -2.30. The van der Waals surface area contributed by atoms with Gasteiger partial charge in [0, 0.05) is 19.3 Å². The number of carbonyl (C=O) groups is 2. The van der Waals surface area contributed by atoms with Crippen LogP contribution in [-0.4, -0.2) is 31.1 Å². The highest BCUT2D eigenvalue weighted by atomic mass is 19.4. The minimum Gasteiger partial charge on any atom is -0.465 e. The van der Waals surface area contributed by atoms with E-state index in [9.17, 15) is 22.8 Å². The van der Waals surface area contributed by atoms with E-state index in [0.29, 0.717) is 5.56 Å². The first-order chi connectivity index (χ1) is 12.2. The molecule has 0 fully saturated rings. The number of benzene rings is 2. The van der Waals surface area contributed by atoms with Crippen LogP contribution in [0.5, 0.6) is 0 Å². The molecule has 0 radical (unpaired) electrons. The standard InChI is InChI=1S/C18H17F3N2O3/c1-23(11-12-6-8-13(9-7-12)16(24)26-2)17(25)22-15-5-3-4-14(10-15)18(19,20)21/h3-10H,11H2,1-2H3,(H,22,25). The molecule has 0 bridgehead atoms. The summed E-state index contributed by atoms with van der Waals surface area (Å²) >= 11 is 0. The van der Waals surface area contributed by atoms with Crippen LogP contribution in [0.4, 0.5) is 23.7 Å². The summed E-state index contributed by atoms with van der Waals surface area (Å²) < 4.78 is 42.7. The molecule has 138 valence electrons. The van der Waals surface area contributed by atoms with Gasteiger partial charge in [0.15, 0.2) is 0 Å². The van der Waals surface area contributed by atoms with E-state index in [2.05, 4.69) is 10.1 Å². The Morgan fingerprint density at radius 2 is 1.77 bits per heavy atom. The first-order valence-corrected chi connectivity index (χ1v) is 7.57. The van der Waals surface area contributed by atoms with Crippen LogP contribution in [0, 0.1) is 0 Å². The van der Waals surface area contributed by atoms with Gasteiger partial charge in [-0.05, 0) is 35.9 Å². The number of anilines is 1. The second kappa shape index (κ2) is 7.90. The lowest BCUT2D eigenvalue weighted by molar-refractivity contribution is -0.137. The molecule has 0 heterocycles. The quantitative estimate of drug-likeness (QED) is 0.827. The molecule has 0 saturated heterocycles. The van der Waals surface area contributed by atoms with E-state index < -0.39 is 23.7 Å². The Morgan fingerprint density at radius 1 is 1.12 bits per heavy atom. The molecule has 0 unspecified atom stereocenters. The van der Waals surface area contributed by atoms with Crippen molar-refractivity contribution in [3.63, 3.8) is 0 Å². The molecule has 2 amide bonds. The van der Waals surface area contributed by atoms with Crippen molar-refractivity contribution in [3.8, 4) is 0 Å². The highest BCUT2D eigenvalue weighted by molar-refractivity contribution is 5.90. The van der Waals surface area contributed by atoms with Crippen molar-refractivity contribution in [1.29, 1.82) is 0 Å². The van der Waals surface area contributed by atoms with Crippen LogP contribution in [0.2, 0.25) is 0 Å². The lowest BCUT2D eigenvalue weighted by Gasteiger charge is -2.18. The smallest absolute Gasteiger partial charge is 0.416 e. The zero-order valence-corrected chi connectivity index (χ0v) is 14.1. The molecule has 5 nitrogen and oxygen atoms in total. The fourth-order valence-electron chi connectivity index (χ4n) is 2.20. The van der Waals surface area contributed by atoms with Gasteiger partial charge in [-0.15, -0.1) is 0 Å². The van der Waals surface area contributed by atoms with E-state index in [-0.39, 0.29) is 12.2 Å². The summed E-state index contributed by atoms with van der Waals surface area (Å²) in [5, 5.41) is 2.43. The molecule has 0 aliphatic heterocycles. The summed E-state index contributed by atoms with van der Waals surface area (Å²) in [5.41, 5.74) is 0.348. The third-order valence-corrected chi connectivity index (χ3v) is 3.58. The van der Waals surface area contributed by atoms with E-state index in [1.165, 1.54) is 31.2 Å². The summed E-state index contributed by atoms with van der Waals surface area (Å²) in [6.07, 6.45) is -4.48. The number of ether oxygens (including phenoxy) is 1. The Balaban J connectivity index is 2.00. The average Bonchev–Trinajstić information content (AvgIpc) is 2.61. The summed E-state index contributed by atoms with van der Waals surface area (Å²) in [5.74, 6) is -0.466.